The van der Waals surface area contributed by atoms with Gasteiger partial charge in [-0.1, -0.05) is 24.6 Å². The van der Waals surface area contributed by atoms with Crippen LogP contribution >= 0.6 is 22.9 Å². The molecule has 1 aromatic heterocycles. The Morgan fingerprint density at radius 1 is 1.16 bits per heavy atom. The summed E-state index contributed by atoms with van der Waals surface area (Å²) in [5.74, 6) is -0.972. The first-order valence-electron chi connectivity index (χ1n) is 7.58. The highest BCUT2D eigenvalue weighted by Gasteiger charge is 2.36. The first kappa shape index (κ1) is 18.1. The first-order valence-corrected chi connectivity index (χ1v) is 10.3. The Morgan fingerprint density at radius 2 is 1.92 bits per heavy atom. The van der Waals surface area contributed by atoms with Crippen LogP contribution in [0.5, 0.6) is 0 Å². The maximum atomic E-state index is 12.3. The Bertz CT molecular complexity index is 953. The number of aryl methyl sites for hydroxylation is 1. The molecule has 0 atom stereocenters. The van der Waals surface area contributed by atoms with Gasteiger partial charge in [-0.05, 0) is 30.7 Å². The van der Waals surface area contributed by atoms with E-state index >= 15 is 0 Å². The minimum absolute atomic E-state index is 0.0616. The van der Waals surface area contributed by atoms with Gasteiger partial charge in [0.15, 0.2) is 0 Å². The van der Waals surface area contributed by atoms with Crippen molar-refractivity contribution in [3.8, 4) is 0 Å². The molecule has 2 amide bonds. The predicted octanol–water partition coefficient (Wildman–Crippen LogP) is 2.54. The third-order valence-electron chi connectivity index (χ3n) is 3.83. The highest BCUT2D eigenvalue weighted by molar-refractivity contribution is 7.91. The fourth-order valence-corrected chi connectivity index (χ4v) is 5.17. The molecule has 0 radical (unpaired) electrons. The topological polar surface area (TPSA) is 83.6 Å². The lowest BCUT2D eigenvalue weighted by molar-refractivity contribution is 0.0657. The van der Waals surface area contributed by atoms with Gasteiger partial charge in [0, 0.05) is 18.0 Å². The van der Waals surface area contributed by atoms with Crippen LogP contribution in [0.1, 0.15) is 32.5 Å². The zero-order valence-electron chi connectivity index (χ0n) is 13.3. The number of amides is 2. The maximum Gasteiger partial charge on any atom is 0.263 e. The molecular weight excluding hydrogens is 384 g/mol. The quantitative estimate of drug-likeness (QED) is 0.758. The molecule has 3 rings (SSSR count). The SMILES string of the molecule is CCc1ccc(S(=O)(=O)NCCN2C(=O)c3cccc(Cl)c3C2=O)s1. The second-order valence-corrected chi connectivity index (χ2v) is 8.97. The van der Waals surface area contributed by atoms with E-state index in [4.69, 9.17) is 11.6 Å². The van der Waals surface area contributed by atoms with E-state index in [0.29, 0.717) is 0 Å². The molecule has 0 saturated heterocycles. The van der Waals surface area contributed by atoms with Crippen molar-refractivity contribution in [2.45, 2.75) is 17.6 Å². The van der Waals surface area contributed by atoms with E-state index in [1.54, 1.807) is 24.3 Å². The Kier molecular flexibility index (Phi) is 4.97. The first-order chi connectivity index (χ1) is 11.8. The van der Waals surface area contributed by atoms with Gasteiger partial charge >= 0.3 is 0 Å². The van der Waals surface area contributed by atoms with Crippen molar-refractivity contribution in [1.82, 2.24) is 9.62 Å². The van der Waals surface area contributed by atoms with E-state index in [0.717, 1.165) is 16.2 Å². The summed E-state index contributed by atoms with van der Waals surface area (Å²) in [4.78, 5) is 26.6. The van der Waals surface area contributed by atoms with Crippen LogP contribution in [0.3, 0.4) is 0 Å². The average Bonchev–Trinajstić information content (AvgIpc) is 3.15. The highest BCUT2D eigenvalue weighted by atomic mass is 35.5. The molecule has 0 bridgehead atoms. The van der Waals surface area contributed by atoms with Crippen LogP contribution in [-0.4, -0.2) is 38.2 Å². The number of thiophene rings is 1. The molecule has 2 heterocycles. The van der Waals surface area contributed by atoms with Crippen molar-refractivity contribution >= 4 is 44.8 Å². The van der Waals surface area contributed by atoms with Gasteiger partial charge in [0.05, 0.1) is 16.1 Å². The summed E-state index contributed by atoms with van der Waals surface area (Å²) in [5.41, 5.74) is 0.411. The summed E-state index contributed by atoms with van der Waals surface area (Å²) in [5, 5.41) is 0.213. The fourth-order valence-electron chi connectivity index (χ4n) is 2.55. The number of rotatable bonds is 6. The normalized spacial score (nSPS) is 14.2. The number of imide groups is 1. The third kappa shape index (κ3) is 3.35. The van der Waals surface area contributed by atoms with Crippen LogP contribution in [-0.2, 0) is 16.4 Å². The summed E-state index contributed by atoms with van der Waals surface area (Å²) < 4.78 is 27.2. The minimum Gasteiger partial charge on any atom is -0.273 e. The molecule has 1 aromatic carbocycles. The Labute approximate surface area is 154 Å². The molecular formula is C16H15ClN2O4S2. The minimum atomic E-state index is -3.66. The average molecular weight is 399 g/mol. The molecule has 6 nitrogen and oxygen atoms in total. The van der Waals surface area contributed by atoms with E-state index in [2.05, 4.69) is 4.72 Å². The molecule has 25 heavy (non-hydrogen) atoms. The fraction of sp³-hybridized carbons (Fsp3) is 0.250. The largest absolute Gasteiger partial charge is 0.273 e. The van der Waals surface area contributed by atoms with Gasteiger partial charge in [0.1, 0.15) is 4.21 Å². The van der Waals surface area contributed by atoms with E-state index in [1.165, 1.54) is 17.4 Å². The number of halogens is 1. The van der Waals surface area contributed by atoms with E-state index in [9.17, 15) is 18.0 Å². The third-order valence-corrected chi connectivity index (χ3v) is 7.32. The van der Waals surface area contributed by atoms with Gasteiger partial charge in [-0.2, -0.15) is 0 Å². The molecule has 0 spiro atoms. The van der Waals surface area contributed by atoms with Gasteiger partial charge < -0.3 is 0 Å². The van der Waals surface area contributed by atoms with E-state index in [-0.39, 0.29) is 33.4 Å². The number of hydrogen-bond acceptors (Lipinski definition) is 5. The molecule has 0 aliphatic carbocycles. The summed E-state index contributed by atoms with van der Waals surface area (Å²) in [6, 6.07) is 7.99. The lowest BCUT2D eigenvalue weighted by Crippen LogP contribution is -2.38. The molecule has 0 unspecified atom stereocenters. The van der Waals surface area contributed by atoms with Crippen molar-refractivity contribution in [2.24, 2.45) is 0 Å². The van der Waals surface area contributed by atoms with Gasteiger partial charge in [-0.3, -0.25) is 14.5 Å². The smallest absolute Gasteiger partial charge is 0.263 e. The number of benzene rings is 1. The van der Waals surface area contributed by atoms with Gasteiger partial charge in [-0.15, -0.1) is 11.3 Å². The highest BCUT2D eigenvalue weighted by Crippen LogP contribution is 2.28. The van der Waals surface area contributed by atoms with Crippen molar-refractivity contribution in [2.75, 3.05) is 13.1 Å². The molecule has 0 fully saturated rings. The van der Waals surface area contributed by atoms with Crippen LogP contribution in [0.15, 0.2) is 34.5 Å². The number of sulfonamides is 1. The zero-order valence-corrected chi connectivity index (χ0v) is 15.7. The van der Waals surface area contributed by atoms with Crippen molar-refractivity contribution in [3.63, 3.8) is 0 Å². The number of nitrogens with one attached hydrogen (secondary N) is 1. The van der Waals surface area contributed by atoms with Crippen LogP contribution in [0, 0.1) is 0 Å². The second-order valence-electron chi connectivity index (χ2n) is 5.40. The molecule has 1 N–H and O–H groups in total. The standard InChI is InChI=1S/C16H15ClN2O4S2/c1-2-10-6-7-13(24-10)25(22,23)18-8-9-19-15(20)11-4-3-5-12(17)14(11)16(19)21/h3-7,18H,2,8-9H2,1H3. The monoisotopic (exact) mass is 398 g/mol. The zero-order chi connectivity index (χ0) is 18.2. The number of fused-ring (bicyclic) bond motifs is 1. The Hall–Kier alpha value is -1.74. The summed E-state index contributed by atoms with van der Waals surface area (Å²) >= 11 is 7.19. The molecule has 132 valence electrons. The number of carbonyl (C=O) groups is 2. The summed E-state index contributed by atoms with van der Waals surface area (Å²) in [7, 11) is -3.66. The maximum absolute atomic E-state index is 12.3. The summed E-state index contributed by atoms with van der Waals surface area (Å²) in [6.07, 6.45) is 0.760. The second kappa shape index (κ2) is 6.87. The Balaban J connectivity index is 1.68. The van der Waals surface area contributed by atoms with Crippen LogP contribution < -0.4 is 4.72 Å². The van der Waals surface area contributed by atoms with Gasteiger partial charge in [-0.25, -0.2) is 13.1 Å². The summed E-state index contributed by atoms with van der Waals surface area (Å²) in [6.45, 7) is 1.82. The molecule has 1 aliphatic rings. The van der Waals surface area contributed by atoms with Crippen LogP contribution in [0.25, 0.3) is 0 Å². The van der Waals surface area contributed by atoms with E-state index in [1.807, 2.05) is 6.92 Å². The van der Waals surface area contributed by atoms with Crippen molar-refractivity contribution < 1.29 is 18.0 Å². The van der Waals surface area contributed by atoms with Gasteiger partial charge in [0.25, 0.3) is 11.8 Å². The molecule has 2 aromatic rings. The van der Waals surface area contributed by atoms with Crippen molar-refractivity contribution in [3.05, 3.63) is 51.4 Å². The lowest BCUT2D eigenvalue weighted by Gasteiger charge is -2.14. The predicted molar refractivity (Wildman–Crippen MR) is 95.7 cm³/mol. The molecule has 0 saturated carbocycles. The van der Waals surface area contributed by atoms with Gasteiger partial charge in [0.2, 0.25) is 10.0 Å². The van der Waals surface area contributed by atoms with Crippen molar-refractivity contribution in [1.29, 1.82) is 0 Å². The lowest BCUT2D eigenvalue weighted by atomic mass is 10.1. The number of carbonyl (C=O) groups excluding carboxylic acids is 2. The van der Waals surface area contributed by atoms with Crippen LogP contribution in [0.4, 0.5) is 0 Å². The number of hydrogen-bond donors (Lipinski definition) is 1. The van der Waals surface area contributed by atoms with E-state index < -0.39 is 21.8 Å². The Morgan fingerprint density at radius 3 is 2.56 bits per heavy atom. The molecule has 1 aliphatic heterocycles. The molecule has 9 heteroatoms. The van der Waals surface area contributed by atoms with Crippen LogP contribution in [0.2, 0.25) is 5.02 Å². The number of nitrogens with zero attached hydrogens (tertiary/aromatic N) is 1.